The summed E-state index contributed by atoms with van der Waals surface area (Å²) >= 11 is 3.64. The molecule has 5 heteroatoms. The van der Waals surface area contributed by atoms with Gasteiger partial charge in [0, 0.05) is 35.3 Å². The van der Waals surface area contributed by atoms with Crippen LogP contribution < -0.4 is 5.32 Å². The van der Waals surface area contributed by atoms with Crippen molar-refractivity contribution in [1.29, 1.82) is 0 Å². The van der Waals surface area contributed by atoms with Crippen molar-refractivity contribution in [3.63, 3.8) is 0 Å². The van der Waals surface area contributed by atoms with Gasteiger partial charge in [0.25, 0.3) is 0 Å². The van der Waals surface area contributed by atoms with Crippen LogP contribution >= 0.6 is 23.1 Å². The predicted molar refractivity (Wildman–Crippen MR) is 79.6 cm³/mol. The largest absolute Gasteiger partial charge is 0.359 e. The monoisotopic (exact) mass is 281 g/mol. The fraction of sp³-hybridized carbons (Fsp3) is 0.692. The summed E-state index contributed by atoms with van der Waals surface area (Å²) in [6.45, 7) is 2.91. The van der Waals surface area contributed by atoms with Crippen LogP contribution in [0.4, 0.5) is 0 Å². The maximum atomic E-state index is 4.68. The van der Waals surface area contributed by atoms with E-state index in [-0.39, 0.29) is 0 Å². The van der Waals surface area contributed by atoms with Crippen LogP contribution in [-0.4, -0.2) is 28.0 Å². The number of hydrogen-bond acceptors (Lipinski definition) is 4. The molecule has 0 atom stereocenters. The fourth-order valence-corrected chi connectivity index (χ4v) is 4.69. The summed E-state index contributed by atoms with van der Waals surface area (Å²) in [7, 11) is 0. The van der Waals surface area contributed by atoms with E-state index in [1.807, 2.05) is 18.7 Å². The Kier molecular flexibility index (Phi) is 3.61. The Morgan fingerprint density at radius 1 is 1.44 bits per heavy atom. The highest BCUT2D eigenvalue weighted by Crippen LogP contribution is 2.37. The molecule has 1 spiro atoms. The summed E-state index contributed by atoms with van der Waals surface area (Å²) in [5.74, 6) is 1.21. The van der Waals surface area contributed by atoms with Crippen molar-refractivity contribution in [2.75, 3.05) is 12.3 Å². The molecule has 3 rings (SSSR count). The molecule has 0 aromatic carbocycles. The second-order valence-corrected chi connectivity index (χ2v) is 7.13. The van der Waals surface area contributed by atoms with Gasteiger partial charge in [-0.1, -0.05) is 24.6 Å². The highest BCUT2D eigenvalue weighted by Gasteiger charge is 2.39. The minimum atomic E-state index is 0.390. The van der Waals surface area contributed by atoms with Gasteiger partial charge in [0.2, 0.25) is 0 Å². The van der Waals surface area contributed by atoms with Crippen LogP contribution in [0.25, 0.3) is 0 Å². The lowest BCUT2D eigenvalue weighted by Crippen LogP contribution is -2.40. The van der Waals surface area contributed by atoms with E-state index in [0.29, 0.717) is 5.54 Å². The molecule has 18 heavy (non-hydrogen) atoms. The van der Waals surface area contributed by atoms with E-state index in [1.54, 1.807) is 11.3 Å². The number of amidine groups is 1. The Labute approximate surface area is 116 Å². The summed E-state index contributed by atoms with van der Waals surface area (Å²) in [4.78, 5) is 9.15. The van der Waals surface area contributed by atoms with E-state index in [4.69, 9.17) is 0 Å². The quantitative estimate of drug-likeness (QED) is 0.925. The van der Waals surface area contributed by atoms with Gasteiger partial charge in [0.15, 0.2) is 5.17 Å². The van der Waals surface area contributed by atoms with Gasteiger partial charge in [-0.25, -0.2) is 4.98 Å². The summed E-state index contributed by atoms with van der Waals surface area (Å²) < 4.78 is 0. The van der Waals surface area contributed by atoms with Gasteiger partial charge < -0.3 is 5.32 Å². The zero-order valence-corrected chi connectivity index (χ0v) is 12.4. The second-order valence-electron chi connectivity index (χ2n) is 5.22. The SMILES string of the molecule is Cc1csc(CCN=C2NC3(CCCC3)CS2)n1. The molecule has 2 aliphatic rings. The molecule has 3 nitrogen and oxygen atoms in total. The van der Waals surface area contributed by atoms with E-state index < -0.39 is 0 Å². The molecule has 1 N–H and O–H groups in total. The third-order valence-electron chi connectivity index (χ3n) is 3.67. The van der Waals surface area contributed by atoms with Crippen LogP contribution in [0.2, 0.25) is 0 Å². The van der Waals surface area contributed by atoms with Crippen LogP contribution in [-0.2, 0) is 6.42 Å². The number of aryl methyl sites for hydroxylation is 1. The lowest BCUT2D eigenvalue weighted by atomic mass is 10.0. The maximum absolute atomic E-state index is 4.68. The lowest BCUT2D eigenvalue weighted by Gasteiger charge is -2.21. The lowest BCUT2D eigenvalue weighted by molar-refractivity contribution is 0.452. The first-order chi connectivity index (χ1) is 8.76. The molecule has 1 aromatic heterocycles. The number of thioether (sulfide) groups is 1. The van der Waals surface area contributed by atoms with E-state index in [9.17, 15) is 0 Å². The minimum Gasteiger partial charge on any atom is -0.359 e. The molecular formula is C13H19N3S2. The maximum Gasteiger partial charge on any atom is 0.157 e. The van der Waals surface area contributed by atoms with Gasteiger partial charge in [0.05, 0.1) is 5.01 Å². The van der Waals surface area contributed by atoms with Crippen LogP contribution in [0.15, 0.2) is 10.4 Å². The number of rotatable bonds is 3. The average Bonchev–Trinajstić information content (AvgIpc) is 3.05. The first-order valence-corrected chi connectivity index (χ1v) is 8.49. The van der Waals surface area contributed by atoms with Crippen molar-refractivity contribution in [3.8, 4) is 0 Å². The summed E-state index contributed by atoms with van der Waals surface area (Å²) in [6, 6.07) is 0. The van der Waals surface area contributed by atoms with Crippen LogP contribution in [0.3, 0.4) is 0 Å². The van der Waals surface area contributed by atoms with Crippen LogP contribution in [0.5, 0.6) is 0 Å². The molecule has 2 fully saturated rings. The van der Waals surface area contributed by atoms with E-state index >= 15 is 0 Å². The zero-order valence-electron chi connectivity index (χ0n) is 10.7. The van der Waals surface area contributed by atoms with E-state index in [1.165, 1.54) is 36.4 Å². The van der Waals surface area contributed by atoms with Crippen molar-refractivity contribution in [2.24, 2.45) is 4.99 Å². The third-order valence-corrected chi connectivity index (χ3v) is 5.89. The summed E-state index contributed by atoms with van der Waals surface area (Å²) in [6.07, 6.45) is 6.37. The molecule has 0 unspecified atom stereocenters. The number of nitrogens with zero attached hydrogens (tertiary/aromatic N) is 2. The van der Waals surface area contributed by atoms with Crippen molar-refractivity contribution in [3.05, 3.63) is 16.1 Å². The Morgan fingerprint density at radius 3 is 3.00 bits per heavy atom. The number of thiazole rings is 1. The molecule has 0 radical (unpaired) electrons. The molecule has 0 amide bonds. The molecule has 1 aromatic rings. The number of hydrogen-bond donors (Lipinski definition) is 1. The third kappa shape index (κ3) is 2.72. The molecular weight excluding hydrogens is 262 g/mol. The van der Waals surface area contributed by atoms with Crippen molar-refractivity contribution in [2.45, 2.75) is 44.6 Å². The number of aliphatic imine (C=N–C) groups is 1. The first kappa shape index (κ1) is 12.5. The number of nitrogens with one attached hydrogen (secondary N) is 1. The van der Waals surface area contributed by atoms with Crippen molar-refractivity contribution >= 4 is 28.3 Å². The Balaban J connectivity index is 1.52. The number of aromatic nitrogens is 1. The average molecular weight is 281 g/mol. The highest BCUT2D eigenvalue weighted by atomic mass is 32.2. The van der Waals surface area contributed by atoms with Gasteiger partial charge in [-0.05, 0) is 19.8 Å². The second kappa shape index (κ2) is 5.21. The Hall–Kier alpha value is -0.550. The van der Waals surface area contributed by atoms with E-state index in [0.717, 1.165) is 23.8 Å². The molecule has 2 heterocycles. The molecule has 1 saturated carbocycles. The standard InChI is InChI=1S/C13H19N3S2/c1-10-8-17-11(15-10)4-7-14-12-16-13(9-18-12)5-2-3-6-13/h8H,2-7,9H2,1H3,(H,14,16). The molecule has 0 bridgehead atoms. The predicted octanol–water partition coefficient (Wildman–Crippen LogP) is 3.00. The summed E-state index contributed by atoms with van der Waals surface area (Å²) in [5.41, 5.74) is 1.52. The Bertz CT molecular complexity index is 447. The molecule has 98 valence electrons. The minimum absolute atomic E-state index is 0.390. The molecule has 1 aliphatic carbocycles. The molecule has 1 saturated heterocycles. The smallest absolute Gasteiger partial charge is 0.157 e. The van der Waals surface area contributed by atoms with Crippen LogP contribution in [0, 0.1) is 6.92 Å². The fourth-order valence-electron chi connectivity index (χ4n) is 2.68. The summed E-state index contributed by atoms with van der Waals surface area (Å²) in [5, 5.41) is 8.13. The molecule has 1 aliphatic heterocycles. The normalized spacial score (nSPS) is 23.9. The van der Waals surface area contributed by atoms with Gasteiger partial charge >= 0.3 is 0 Å². The topological polar surface area (TPSA) is 37.3 Å². The van der Waals surface area contributed by atoms with Gasteiger partial charge in [0.1, 0.15) is 0 Å². The Morgan fingerprint density at radius 2 is 2.28 bits per heavy atom. The zero-order chi connectivity index (χ0) is 12.4. The van der Waals surface area contributed by atoms with Crippen LogP contribution in [0.1, 0.15) is 36.4 Å². The van der Waals surface area contributed by atoms with E-state index in [2.05, 4.69) is 20.7 Å². The highest BCUT2D eigenvalue weighted by molar-refractivity contribution is 8.14. The first-order valence-electron chi connectivity index (χ1n) is 6.62. The van der Waals surface area contributed by atoms with Crippen molar-refractivity contribution < 1.29 is 0 Å². The van der Waals surface area contributed by atoms with Gasteiger partial charge in [-0.3, -0.25) is 4.99 Å². The van der Waals surface area contributed by atoms with Gasteiger partial charge in [-0.2, -0.15) is 0 Å². The van der Waals surface area contributed by atoms with Crippen molar-refractivity contribution in [1.82, 2.24) is 10.3 Å². The van der Waals surface area contributed by atoms with Gasteiger partial charge in [-0.15, -0.1) is 11.3 Å².